The molecule has 0 spiro atoms. The van der Waals surface area contributed by atoms with Crippen LogP contribution in [0.25, 0.3) is 10.9 Å². The van der Waals surface area contributed by atoms with Crippen LogP contribution in [0.5, 0.6) is 0 Å². The van der Waals surface area contributed by atoms with E-state index in [2.05, 4.69) is 5.10 Å². The third-order valence-electron chi connectivity index (χ3n) is 2.90. The molecule has 0 fully saturated rings. The quantitative estimate of drug-likeness (QED) is 0.857. The van der Waals surface area contributed by atoms with Crippen LogP contribution in [0.3, 0.4) is 0 Å². The number of nitrogen functional groups attached to an aromatic ring is 1. The predicted octanol–water partition coefficient (Wildman–Crippen LogP) is 3.27. The molecule has 2 aromatic rings. The molecule has 1 heterocycles. The van der Waals surface area contributed by atoms with Gasteiger partial charge in [-0.1, -0.05) is 12.1 Å². The van der Waals surface area contributed by atoms with Crippen LogP contribution in [-0.4, -0.2) is 16.0 Å². The number of benzene rings is 1. The van der Waals surface area contributed by atoms with Gasteiger partial charge in [0.05, 0.1) is 5.69 Å². The predicted molar refractivity (Wildman–Crippen MR) is 64.2 cm³/mol. The average Bonchev–Trinajstić information content (AvgIpc) is 2.57. The number of alkyl halides is 3. The summed E-state index contributed by atoms with van der Waals surface area (Å²) in [5.74, 6) is 0. The van der Waals surface area contributed by atoms with E-state index in [0.29, 0.717) is 11.2 Å². The molecule has 6 heteroatoms. The van der Waals surface area contributed by atoms with Gasteiger partial charge in [-0.15, -0.1) is 0 Å². The Morgan fingerprint density at radius 1 is 1.33 bits per heavy atom. The molecule has 0 atom stereocenters. The molecule has 0 aliphatic rings. The van der Waals surface area contributed by atoms with Gasteiger partial charge in [-0.05, 0) is 19.4 Å². The van der Waals surface area contributed by atoms with E-state index in [0.717, 1.165) is 11.1 Å². The molecule has 0 radical (unpaired) electrons. The van der Waals surface area contributed by atoms with Gasteiger partial charge in [-0.2, -0.15) is 18.3 Å². The van der Waals surface area contributed by atoms with E-state index in [1.807, 2.05) is 19.1 Å². The first-order chi connectivity index (χ1) is 8.38. The Labute approximate surface area is 102 Å². The molecular weight excluding hydrogens is 243 g/mol. The smallest absolute Gasteiger partial charge is 0.389 e. The van der Waals surface area contributed by atoms with Crippen molar-refractivity contribution in [3.05, 3.63) is 23.9 Å². The molecule has 98 valence electrons. The van der Waals surface area contributed by atoms with Crippen LogP contribution in [0, 0.1) is 6.92 Å². The zero-order valence-corrected chi connectivity index (χ0v) is 9.96. The number of anilines is 1. The number of hydrogen-bond acceptors (Lipinski definition) is 2. The van der Waals surface area contributed by atoms with Gasteiger partial charge in [0.2, 0.25) is 0 Å². The van der Waals surface area contributed by atoms with Crippen LogP contribution in [0.2, 0.25) is 0 Å². The van der Waals surface area contributed by atoms with E-state index in [4.69, 9.17) is 5.73 Å². The molecule has 0 amide bonds. The molecule has 0 saturated heterocycles. The molecule has 0 saturated carbocycles. The third kappa shape index (κ3) is 2.57. The molecule has 0 aliphatic heterocycles. The molecule has 1 aromatic carbocycles. The Balaban J connectivity index is 2.19. The summed E-state index contributed by atoms with van der Waals surface area (Å²) in [5.41, 5.74) is 7.83. The van der Waals surface area contributed by atoms with Crippen LogP contribution < -0.4 is 5.73 Å². The van der Waals surface area contributed by atoms with Crippen LogP contribution in [0.15, 0.2) is 18.2 Å². The van der Waals surface area contributed by atoms with Crippen molar-refractivity contribution in [3.63, 3.8) is 0 Å². The SMILES string of the molecule is Cc1c2cccc(N)c2nn1CCCC(F)(F)F. The van der Waals surface area contributed by atoms with Crippen molar-refractivity contribution in [2.75, 3.05) is 5.73 Å². The molecular formula is C12H14F3N3. The van der Waals surface area contributed by atoms with Gasteiger partial charge >= 0.3 is 6.18 Å². The minimum absolute atomic E-state index is 0.0260. The van der Waals surface area contributed by atoms with Crippen molar-refractivity contribution in [2.24, 2.45) is 0 Å². The Morgan fingerprint density at radius 2 is 2.06 bits per heavy atom. The highest BCUT2D eigenvalue weighted by Crippen LogP contribution is 2.25. The van der Waals surface area contributed by atoms with Crippen molar-refractivity contribution >= 4 is 16.6 Å². The summed E-state index contributed by atoms with van der Waals surface area (Å²) in [5, 5.41) is 5.15. The van der Waals surface area contributed by atoms with Crippen LogP contribution in [0.4, 0.5) is 18.9 Å². The highest BCUT2D eigenvalue weighted by molar-refractivity contribution is 5.91. The van der Waals surface area contributed by atoms with Gasteiger partial charge in [-0.25, -0.2) is 0 Å². The highest BCUT2D eigenvalue weighted by atomic mass is 19.4. The monoisotopic (exact) mass is 257 g/mol. The second kappa shape index (κ2) is 4.51. The van der Waals surface area contributed by atoms with Crippen molar-refractivity contribution in [2.45, 2.75) is 32.5 Å². The van der Waals surface area contributed by atoms with E-state index in [9.17, 15) is 13.2 Å². The molecule has 2 N–H and O–H groups in total. The lowest BCUT2D eigenvalue weighted by atomic mass is 10.2. The fourth-order valence-electron chi connectivity index (χ4n) is 1.95. The van der Waals surface area contributed by atoms with E-state index in [1.54, 1.807) is 10.7 Å². The maximum atomic E-state index is 12.1. The van der Waals surface area contributed by atoms with Gasteiger partial charge in [0.15, 0.2) is 0 Å². The Morgan fingerprint density at radius 3 is 2.67 bits per heavy atom. The Hall–Kier alpha value is -1.72. The fraction of sp³-hybridized carbons (Fsp3) is 0.417. The molecule has 3 nitrogen and oxygen atoms in total. The lowest BCUT2D eigenvalue weighted by Crippen LogP contribution is -2.10. The molecule has 1 aromatic heterocycles. The van der Waals surface area contributed by atoms with E-state index in [-0.39, 0.29) is 13.0 Å². The number of nitrogens with zero attached hydrogens (tertiary/aromatic N) is 2. The Bertz CT molecular complexity index is 557. The largest absolute Gasteiger partial charge is 0.397 e. The maximum absolute atomic E-state index is 12.1. The summed E-state index contributed by atoms with van der Waals surface area (Å²) in [6.45, 7) is 2.09. The van der Waals surface area contributed by atoms with E-state index in [1.165, 1.54) is 0 Å². The van der Waals surface area contributed by atoms with Gasteiger partial charge in [0, 0.05) is 24.0 Å². The van der Waals surface area contributed by atoms with Gasteiger partial charge in [0.25, 0.3) is 0 Å². The van der Waals surface area contributed by atoms with Crippen molar-refractivity contribution in [1.29, 1.82) is 0 Å². The second-order valence-corrected chi connectivity index (χ2v) is 4.27. The number of rotatable bonds is 3. The number of aryl methyl sites for hydroxylation is 2. The fourth-order valence-corrected chi connectivity index (χ4v) is 1.95. The molecule has 0 unspecified atom stereocenters. The average molecular weight is 257 g/mol. The molecule has 0 bridgehead atoms. The van der Waals surface area contributed by atoms with Gasteiger partial charge < -0.3 is 5.73 Å². The zero-order chi connectivity index (χ0) is 13.3. The first kappa shape index (κ1) is 12.7. The molecule has 18 heavy (non-hydrogen) atoms. The normalized spacial score (nSPS) is 12.2. The highest BCUT2D eigenvalue weighted by Gasteiger charge is 2.26. The number of hydrogen-bond donors (Lipinski definition) is 1. The first-order valence-corrected chi connectivity index (χ1v) is 5.67. The van der Waals surface area contributed by atoms with Gasteiger partial charge in [0.1, 0.15) is 5.52 Å². The summed E-state index contributed by atoms with van der Waals surface area (Å²) >= 11 is 0. The Kier molecular flexibility index (Phi) is 3.19. The summed E-state index contributed by atoms with van der Waals surface area (Å²) in [6.07, 6.45) is -4.88. The summed E-state index contributed by atoms with van der Waals surface area (Å²) in [4.78, 5) is 0. The maximum Gasteiger partial charge on any atom is 0.389 e. The lowest BCUT2D eigenvalue weighted by Gasteiger charge is -2.07. The van der Waals surface area contributed by atoms with Crippen molar-refractivity contribution in [3.8, 4) is 0 Å². The second-order valence-electron chi connectivity index (χ2n) is 4.27. The molecule has 2 rings (SSSR count). The summed E-state index contributed by atoms with van der Waals surface area (Å²) in [7, 11) is 0. The minimum Gasteiger partial charge on any atom is -0.397 e. The first-order valence-electron chi connectivity index (χ1n) is 5.67. The number of nitrogens with two attached hydrogens (primary N) is 1. The third-order valence-corrected chi connectivity index (χ3v) is 2.90. The van der Waals surface area contributed by atoms with Crippen LogP contribution >= 0.6 is 0 Å². The topological polar surface area (TPSA) is 43.8 Å². The summed E-state index contributed by atoms with van der Waals surface area (Å²) < 4.78 is 37.8. The van der Waals surface area contributed by atoms with Gasteiger partial charge in [-0.3, -0.25) is 4.68 Å². The van der Waals surface area contributed by atoms with Crippen LogP contribution in [0.1, 0.15) is 18.5 Å². The zero-order valence-electron chi connectivity index (χ0n) is 9.96. The standard InChI is InChI=1S/C12H14F3N3/c1-8-9-4-2-5-10(16)11(9)17-18(8)7-3-6-12(13,14)15/h2,4-5H,3,6-7,16H2,1H3. The lowest BCUT2D eigenvalue weighted by molar-refractivity contribution is -0.136. The van der Waals surface area contributed by atoms with E-state index >= 15 is 0 Å². The number of aromatic nitrogens is 2. The van der Waals surface area contributed by atoms with E-state index < -0.39 is 12.6 Å². The summed E-state index contributed by atoms with van der Waals surface area (Å²) in [6, 6.07) is 5.41. The minimum atomic E-state index is -4.11. The number of halogens is 3. The van der Waals surface area contributed by atoms with Crippen molar-refractivity contribution < 1.29 is 13.2 Å². The number of fused-ring (bicyclic) bond motifs is 1. The molecule has 0 aliphatic carbocycles. The van der Waals surface area contributed by atoms with Crippen LogP contribution in [-0.2, 0) is 6.54 Å². The van der Waals surface area contributed by atoms with Crippen molar-refractivity contribution in [1.82, 2.24) is 9.78 Å².